The van der Waals surface area contributed by atoms with E-state index in [0.717, 1.165) is 0 Å². The first-order valence-corrected chi connectivity index (χ1v) is 5.13. The number of hydrogen-bond donors (Lipinski definition) is 3. The van der Waals surface area contributed by atoms with Gasteiger partial charge in [-0.3, -0.25) is 9.59 Å². The summed E-state index contributed by atoms with van der Waals surface area (Å²) in [4.78, 5) is 32.5. The largest absolute Gasteiger partial charge is 0.481 e. The predicted octanol–water partition coefficient (Wildman–Crippen LogP) is 0.467. The van der Waals surface area contributed by atoms with Crippen LogP contribution in [-0.2, 0) is 14.4 Å². The zero-order valence-corrected chi connectivity index (χ0v) is 9.40. The van der Waals surface area contributed by atoms with Gasteiger partial charge in [-0.25, -0.2) is 4.79 Å². The molecule has 0 aromatic rings. The third-order valence-corrected chi connectivity index (χ3v) is 2.32. The fourth-order valence-electron chi connectivity index (χ4n) is 1.02. The highest BCUT2D eigenvalue weighted by Crippen LogP contribution is 2.04. The summed E-state index contributed by atoms with van der Waals surface area (Å²) in [5.74, 6) is -2.92. The number of carbonyl (C=O) groups excluding carboxylic acids is 1. The zero-order chi connectivity index (χ0) is 12.7. The highest BCUT2D eigenvalue weighted by atomic mass is 16.4. The van der Waals surface area contributed by atoms with Crippen molar-refractivity contribution in [2.24, 2.45) is 5.92 Å². The van der Waals surface area contributed by atoms with E-state index in [1.165, 1.54) is 0 Å². The molecule has 0 aromatic carbocycles. The van der Waals surface area contributed by atoms with Crippen molar-refractivity contribution >= 4 is 17.8 Å². The molecule has 0 spiro atoms. The molecule has 0 aliphatic heterocycles. The van der Waals surface area contributed by atoms with E-state index in [-0.39, 0.29) is 24.7 Å². The van der Waals surface area contributed by atoms with Crippen LogP contribution in [0.1, 0.15) is 33.1 Å². The molecule has 0 heterocycles. The number of hydrogen-bond acceptors (Lipinski definition) is 3. The summed E-state index contributed by atoms with van der Waals surface area (Å²) < 4.78 is 0. The summed E-state index contributed by atoms with van der Waals surface area (Å²) in [6, 6.07) is -1.13. The summed E-state index contributed by atoms with van der Waals surface area (Å²) in [6.07, 6.45) is 0.224. The van der Waals surface area contributed by atoms with E-state index < -0.39 is 18.0 Å². The van der Waals surface area contributed by atoms with Gasteiger partial charge in [0.25, 0.3) is 0 Å². The molecule has 6 heteroatoms. The Morgan fingerprint density at radius 2 is 1.81 bits per heavy atom. The minimum absolute atomic E-state index is 0.104. The Balaban J connectivity index is 4.28. The van der Waals surface area contributed by atoms with E-state index >= 15 is 0 Å². The number of amides is 1. The second kappa shape index (κ2) is 6.81. The third kappa shape index (κ3) is 5.33. The van der Waals surface area contributed by atoms with Gasteiger partial charge in [0, 0.05) is 12.3 Å². The van der Waals surface area contributed by atoms with E-state index in [9.17, 15) is 14.4 Å². The molecule has 0 aliphatic carbocycles. The molecule has 92 valence electrons. The first kappa shape index (κ1) is 14.4. The van der Waals surface area contributed by atoms with Crippen LogP contribution in [0.15, 0.2) is 0 Å². The van der Waals surface area contributed by atoms with Crippen molar-refractivity contribution in [3.63, 3.8) is 0 Å². The van der Waals surface area contributed by atoms with Crippen LogP contribution in [-0.4, -0.2) is 34.1 Å². The number of rotatable bonds is 7. The summed E-state index contributed by atoms with van der Waals surface area (Å²) in [6.45, 7) is 3.50. The molecular weight excluding hydrogens is 214 g/mol. The highest BCUT2D eigenvalue weighted by molar-refractivity contribution is 5.85. The van der Waals surface area contributed by atoms with Gasteiger partial charge in [-0.1, -0.05) is 13.8 Å². The van der Waals surface area contributed by atoms with Gasteiger partial charge in [-0.15, -0.1) is 0 Å². The second-order valence-electron chi connectivity index (χ2n) is 3.64. The molecule has 16 heavy (non-hydrogen) atoms. The first-order chi connectivity index (χ1) is 7.38. The Kier molecular flexibility index (Phi) is 6.14. The van der Waals surface area contributed by atoms with Crippen LogP contribution in [0, 0.1) is 5.92 Å². The van der Waals surface area contributed by atoms with Crippen LogP contribution in [0.4, 0.5) is 0 Å². The average molecular weight is 231 g/mol. The molecular formula is C10H17NO5. The van der Waals surface area contributed by atoms with Crippen molar-refractivity contribution in [2.45, 2.75) is 39.2 Å². The lowest BCUT2D eigenvalue weighted by Crippen LogP contribution is -2.43. The minimum Gasteiger partial charge on any atom is -0.481 e. The van der Waals surface area contributed by atoms with Gasteiger partial charge < -0.3 is 15.5 Å². The van der Waals surface area contributed by atoms with E-state index in [0.29, 0.717) is 6.42 Å². The molecule has 0 bridgehead atoms. The molecule has 1 amide bonds. The molecule has 0 rings (SSSR count). The number of aliphatic carboxylic acids is 2. The lowest BCUT2D eigenvalue weighted by molar-refractivity contribution is -0.143. The number of carboxylic acids is 2. The summed E-state index contributed by atoms with van der Waals surface area (Å²) in [5, 5.41) is 19.5. The van der Waals surface area contributed by atoms with Gasteiger partial charge in [0.1, 0.15) is 6.04 Å². The van der Waals surface area contributed by atoms with Gasteiger partial charge in [0.05, 0.1) is 0 Å². The van der Waals surface area contributed by atoms with Crippen LogP contribution in [0.25, 0.3) is 0 Å². The van der Waals surface area contributed by atoms with Gasteiger partial charge in [0.2, 0.25) is 5.91 Å². The molecule has 0 aliphatic rings. The smallest absolute Gasteiger partial charge is 0.326 e. The maximum absolute atomic E-state index is 11.4. The Labute approximate surface area is 93.6 Å². The van der Waals surface area contributed by atoms with E-state index in [2.05, 4.69) is 5.32 Å². The van der Waals surface area contributed by atoms with E-state index in [1.807, 2.05) is 6.92 Å². The van der Waals surface area contributed by atoms with Crippen LogP contribution in [0.5, 0.6) is 0 Å². The van der Waals surface area contributed by atoms with Crippen molar-refractivity contribution in [3.8, 4) is 0 Å². The lowest BCUT2D eigenvalue weighted by atomic mass is 10.1. The Morgan fingerprint density at radius 3 is 2.19 bits per heavy atom. The number of carboxylic acid groups (broad SMARTS) is 2. The fraction of sp³-hybridized carbons (Fsp3) is 0.700. The van der Waals surface area contributed by atoms with Gasteiger partial charge in [-0.2, -0.15) is 0 Å². The summed E-state index contributed by atoms with van der Waals surface area (Å²) in [5.41, 5.74) is 0. The normalized spacial score (nSPS) is 13.9. The zero-order valence-electron chi connectivity index (χ0n) is 9.40. The van der Waals surface area contributed by atoms with Crippen molar-refractivity contribution in [3.05, 3.63) is 0 Å². The van der Waals surface area contributed by atoms with Crippen LogP contribution in [0.2, 0.25) is 0 Å². The van der Waals surface area contributed by atoms with Gasteiger partial charge in [0.15, 0.2) is 0 Å². The summed E-state index contributed by atoms with van der Waals surface area (Å²) >= 11 is 0. The molecule has 0 fully saturated rings. The Morgan fingerprint density at radius 1 is 1.25 bits per heavy atom. The molecule has 1 unspecified atom stereocenters. The fourth-order valence-corrected chi connectivity index (χ4v) is 1.02. The monoisotopic (exact) mass is 231 g/mol. The van der Waals surface area contributed by atoms with Crippen molar-refractivity contribution in [1.29, 1.82) is 0 Å². The molecule has 0 aromatic heterocycles. The van der Waals surface area contributed by atoms with Crippen LogP contribution in [0.3, 0.4) is 0 Å². The topological polar surface area (TPSA) is 104 Å². The molecule has 0 saturated carbocycles. The van der Waals surface area contributed by atoms with E-state index in [1.54, 1.807) is 6.92 Å². The molecule has 2 atom stereocenters. The standard InChI is InChI=1S/C10H17NO5/c1-3-6(2)9(14)11-7(10(15)16)4-5-8(12)13/h6-7H,3-5H2,1-2H3,(H,11,14)(H,12,13)(H,15,16)/t6?,7-/m1/s1. The quantitative estimate of drug-likeness (QED) is 0.590. The van der Waals surface area contributed by atoms with Gasteiger partial charge in [-0.05, 0) is 12.8 Å². The Bertz CT molecular complexity index is 276. The average Bonchev–Trinajstić information content (AvgIpc) is 2.21. The first-order valence-electron chi connectivity index (χ1n) is 5.13. The van der Waals surface area contributed by atoms with Gasteiger partial charge >= 0.3 is 11.9 Å². The Hall–Kier alpha value is -1.59. The molecule has 0 radical (unpaired) electrons. The maximum Gasteiger partial charge on any atom is 0.326 e. The van der Waals surface area contributed by atoms with Crippen molar-refractivity contribution in [1.82, 2.24) is 5.32 Å². The van der Waals surface area contributed by atoms with Crippen molar-refractivity contribution < 1.29 is 24.6 Å². The molecule has 6 nitrogen and oxygen atoms in total. The lowest BCUT2D eigenvalue weighted by Gasteiger charge is -2.16. The number of carbonyl (C=O) groups is 3. The summed E-state index contributed by atoms with van der Waals surface area (Å²) in [7, 11) is 0. The van der Waals surface area contributed by atoms with Crippen molar-refractivity contribution in [2.75, 3.05) is 0 Å². The number of nitrogens with one attached hydrogen (secondary N) is 1. The highest BCUT2D eigenvalue weighted by Gasteiger charge is 2.22. The van der Waals surface area contributed by atoms with Crippen LogP contribution < -0.4 is 5.32 Å². The van der Waals surface area contributed by atoms with Crippen LogP contribution >= 0.6 is 0 Å². The molecule has 3 N–H and O–H groups in total. The maximum atomic E-state index is 11.4. The van der Waals surface area contributed by atoms with E-state index in [4.69, 9.17) is 10.2 Å². The SMILES string of the molecule is CCC(C)C(=O)N[C@H](CCC(=O)O)C(=O)O. The molecule has 0 saturated heterocycles. The minimum atomic E-state index is -1.21. The third-order valence-electron chi connectivity index (χ3n) is 2.32. The predicted molar refractivity (Wildman–Crippen MR) is 55.9 cm³/mol. The second-order valence-corrected chi connectivity index (χ2v) is 3.64.